The molecular weight excluding hydrogens is 262 g/mol. The van der Waals surface area contributed by atoms with Crippen LogP contribution in [0, 0.1) is 11.6 Å². The van der Waals surface area contributed by atoms with Crippen LogP contribution in [0.25, 0.3) is 0 Å². The van der Waals surface area contributed by atoms with Gasteiger partial charge < -0.3 is 5.11 Å². The minimum Gasteiger partial charge on any atom is -0.388 e. The minimum absolute atomic E-state index is 0.0875. The van der Waals surface area contributed by atoms with Gasteiger partial charge in [-0.2, -0.15) is 5.10 Å². The Morgan fingerprint density at radius 1 is 1.30 bits per heavy atom. The van der Waals surface area contributed by atoms with Crippen LogP contribution in [0.15, 0.2) is 30.5 Å². The Balaban J connectivity index is 2.11. The lowest BCUT2D eigenvalue weighted by molar-refractivity contribution is 0.172. The molecule has 0 saturated heterocycles. The molecule has 108 valence electrons. The number of aliphatic hydroxyl groups excluding tert-OH is 1. The maximum absolute atomic E-state index is 13.6. The van der Waals surface area contributed by atoms with Crippen LogP contribution in [-0.2, 0) is 6.42 Å². The van der Waals surface area contributed by atoms with E-state index in [1.165, 1.54) is 6.07 Å². The van der Waals surface area contributed by atoms with E-state index in [2.05, 4.69) is 12.0 Å². The molecule has 1 aromatic heterocycles. The molecule has 2 rings (SSSR count). The Morgan fingerprint density at radius 2 is 2.05 bits per heavy atom. The van der Waals surface area contributed by atoms with Gasteiger partial charge in [-0.15, -0.1) is 0 Å². The first-order valence-corrected chi connectivity index (χ1v) is 6.68. The predicted molar refractivity (Wildman–Crippen MR) is 72.3 cm³/mol. The number of nitrogens with zero attached hydrogens (tertiary/aromatic N) is 2. The second-order valence-electron chi connectivity index (χ2n) is 4.93. The summed E-state index contributed by atoms with van der Waals surface area (Å²) in [6.45, 7) is 4.11. The third-order valence-electron chi connectivity index (χ3n) is 3.43. The highest BCUT2D eigenvalue weighted by Crippen LogP contribution is 2.21. The van der Waals surface area contributed by atoms with Crippen LogP contribution in [0.2, 0.25) is 0 Å². The van der Waals surface area contributed by atoms with Gasteiger partial charge in [-0.1, -0.05) is 13.0 Å². The Bertz CT molecular complexity index is 583. The maximum Gasteiger partial charge on any atom is 0.131 e. The largest absolute Gasteiger partial charge is 0.388 e. The average molecular weight is 280 g/mol. The monoisotopic (exact) mass is 280 g/mol. The van der Waals surface area contributed by atoms with Crippen LogP contribution in [0.5, 0.6) is 0 Å². The molecule has 0 radical (unpaired) electrons. The van der Waals surface area contributed by atoms with E-state index in [-0.39, 0.29) is 18.0 Å². The number of hydrogen-bond acceptors (Lipinski definition) is 2. The zero-order valence-corrected chi connectivity index (χ0v) is 11.6. The summed E-state index contributed by atoms with van der Waals surface area (Å²) in [6.07, 6.45) is 1.97. The van der Waals surface area contributed by atoms with Crippen molar-refractivity contribution >= 4 is 0 Å². The zero-order valence-electron chi connectivity index (χ0n) is 11.6. The molecule has 5 heteroatoms. The first kappa shape index (κ1) is 14.7. The molecule has 0 aliphatic carbocycles. The van der Waals surface area contributed by atoms with E-state index in [0.717, 1.165) is 18.6 Å². The van der Waals surface area contributed by atoms with Crippen LogP contribution in [0.1, 0.15) is 43.7 Å². The SMILES string of the molecule is CCC(C)n1ccc(CC(O)c2ccc(F)cc2F)n1. The highest BCUT2D eigenvalue weighted by Gasteiger charge is 2.16. The highest BCUT2D eigenvalue weighted by molar-refractivity contribution is 5.22. The van der Waals surface area contributed by atoms with Gasteiger partial charge in [0.1, 0.15) is 11.6 Å². The number of hydrogen-bond donors (Lipinski definition) is 1. The van der Waals surface area contributed by atoms with Crippen molar-refractivity contribution in [1.29, 1.82) is 0 Å². The van der Waals surface area contributed by atoms with Crippen molar-refractivity contribution in [2.75, 3.05) is 0 Å². The van der Waals surface area contributed by atoms with Crippen LogP contribution >= 0.6 is 0 Å². The normalized spacial score (nSPS) is 14.2. The molecule has 3 nitrogen and oxygen atoms in total. The minimum atomic E-state index is -1.03. The standard InChI is InChI=1S/C15H18F2N2O/c1-3-10(2)19-7-6-12(18-19)9-15(20)13-5-4-11(16)8-14(13)17/h4-8,10,15,20H,3,9H2,1-2H3. The van der Waals surface area contributed by atoms with Gasteiger partial charge in [-0.25, -0.2) is 8.78 Å². The second-order valence-corrected chi connectivity index (χ2v) is 4.93. The summed E-state index contributed by atoms with van der Waals surface area (Å²) in [7, 11) is 0. The summed E-state index contributed by atoms with van der Waals surface area (Å²) in [5.74, 6) is -1.39. The van der Waals surface area contributed by atoms with Gasteiger partial charge in [0, 0.05) is 30.3 Å². The zero-order chi connectivity index (χ0) is 14.7. The summed E-state index contributed by atoms with van der Waals surface area (Å²) in [5, 5.41) is 14.4. The molecule has 1 N–H and O–H groups in total. The Hall–Kier alpha value is -1.75. The summed E-state index contributed by atoms with van der Waals surface area (Å²) in [6, 6.07) is 5.26. The molecule has 2 atom stereocenters. The van der Waals surface area contributed by atoms with Crippen LogP contribution < -0.4 is 0 Å². The van der Waals surface area contributed by atoms with Gasteiger partial charge in [0.15, 0.2) is 0 Å². The Morgan fingerprint density at radius 3 is 2.70 bits per heavy atom. The molecule has 1 heterocycles. The summed E-state index contributed by atoms with van der Waals surface area (Å²) in [5.41, 5.74) is 0.769. The average Bonchev–Trinajstić information content (AvgIpc) is 2.86. The van der Waals surface area contributed by atoms with Crippen molar-refractivity contribution in [2.45, 2.75) is 38.8 Å². The lowest BCUT2D eigenvalue weighted by Gasteiger charge is -2.11. The summed E-state index contributed by atoms with van der Waals surface area (Å²) < 4.78 is 28.2. The van der Waals surface area contributed by atoms with Gasteiger partial charge in [0.05, 0.1) is 11.8 Å². The molecule has 0 bridgehead atoms. The number of rotatable bonds is 5. The molecule has 0 amide bonds. The third-order valence-corrected chi connectivity index (χ3v) is 3.43. The van der Waals surface area contributed by atoms with Crippen molar-refractivity contribution < 1.29 is 13.9 Å². The number of aromatic nitrogens is 2. The summed E-state index contributed by atoms with van der Waals surface area (Å²) in [4.78, 5) is 0. The van der Waals surface area contributed by atoms with Gasteiger partial charge in [0.25, 0.3) is 0 Å². The number of benzene rings is 1. The van der Waals surface area contributed by atoms with E-state index in [4.69, 9.17) is 0 Å². The van der Waals surface area contributed by atoms with Crippen molar-refractivity contribution in [3.05, 3.63) is 53.4 Å². The molecule has 0 fully saturated rings. The smallest absolute Gasteiger partial charge is 0.131 e. The second kappa shape index (κ2) is 6.13. The quantitative estimate of drug-likeness (QED) is 0.911. The fraction of sp³-hybridized carbons (Fsp3) is 0.400. The molecule has 20 heavy (non-hydrogen) atoms. The number of halogens is 2. The first-order chi connectivity index (χ1) is 9.51. The lowest BCUT2D eigenvalue weighted by atomic mass is 10.0. The van der Waals surface area contributed by atoms with E-state index in [0.29, 0.717) is 5.69 Å². The van der Waals surface area contributed by atoms with Gasteiger partial charge in [0.2, 0.25) is 0 Å². The van der Waals surface area contributed by atoms with E-state index in [9.17, 15) is 13.9 Å². The van der Waals surface area contributed by atoms with Gasteiger partial charge in [-0.3, -0.25) is 4.68 Å². The third kappa shape index (κ3) is 3.22. The van der Waals surface area contributed by atoms with Crippen molar-refractivity contribution in [3.63, 3.8) is 0 Å². The van der Waals surface area contributed by atoms with Gasteiger partial charge >= 0.3 is 0 Å². The van der Waals surface area contributed by atoms with Crippen LogP contribution in [0.4, 0.5) is 8.78 Å². The molecule has 1 aromatic carbocycles. The molecular formula is C15H18F2N2O. The van der Waals surface area contributed by atoms with Crippen molar-refractivity contribution in [1.82, 2.24) is 9.78 Å². The topological polar surface area (TPSA) is 38.0 Å². The number of aliphatic hydroxyl groups is 1. The van der Waals surface area contributed by atoms with E-state index in [1.54, 1.807) is 6.07 Å². The highest BCUT2D eigenvalue weighted by atomic mass is 19.1. The van der Waals surface area contributed by atoms with E-state index >= 15 is 0 Å². The fourth-order valence-corrected chi connectivity index (χ4v) is 2.00. The van der Waals surface area contributed by atoms with E-state index < -0.39 is 17.7 Å². The molecule has 0 saturated carbocycles. The molecule has 2 unspecified atom stereocenters. The molecule has 2 aromatic rings. The molecule has 0 aliphatic heterocycles. The summed E-state index contributed by atoms with van der Waals surface area (Å²) >= 11 is 0. The molecule has 0 aliphatic rings. The van der Waals surface area contributed by atoms with E-state index in [1.807, 2.05) is 17.8 Å². The van der Waals surface area contributed by atoms with Crippen molar-refractivity contribution in [2.24, 2.45) is 0 Å². The Labute approximate surface area is 116 Å². The fourth-order valence-electron chi connectivity index (χ4n) is 2.00. The van der Waals surface area contributed by atoms with Gasteiger partial charge in [-0.05, 0) is 25.5 Å². The Kier molecular flexibility index (Phi) is 4.49. The van der Waals surface area contributed by atoms with Crippen molar-refractivity contribution in [3.8, 4) is 0 Å². The maximum atomic E-state index is 13.6. The molecule has 0 spiro atoms. The van der Waals surface area contributed by atoms with Crippen LogP contribution in [0.3, 0.4) is 0 Å². The first-order valence-electron chi connectivity index (χ1n) is 6.68. The lowest BCUT2D eigenvalue weighted by Crippen LogP contribution is -2.08. The predicted octanol–water partition coefficient (Wildman–Crippen LogP) is 3.41. The van der Waals surface area contributed by atoms with Crippen LogP contribution in [-0.4, -0.2) is 14.9 Å².